The van der Waals surface area contributed by atoms with Gasteiger partial charge in [-0.2, -0.15) is 0 Å². The number of likely N-dealkylation sites (N-methyl/N-ethyl adjacent to an activating group) is 1. The van der Waals surface area contributed by atoms with E-state index in [1.54, 1.807) is 0 Å². The summed E-state index contributed by atoms with van der Waals surface area (Å²) < 4.78 is 0. The van der Waals surface area contributed by atoms with Crippen molar-refractivity contribution in [1.82, 2.24) is 10.2 Å². The van der Waals surface area contributed by atoms with Crippen molar-refractivity contribution in [3.63, 3.8) is 0 Å². The lowest BCUT2D eigenvalue weighted by Crippen LogP contribution is -2.49. The van der Waals surface area contributed by atoms with Gasteiger partial charge >= 0.3 is 0 Å². The number of thioether (sulfide) groups is 1. The summed E-state index contributed by atoms with van der Waals surface area (Å²) in [5.74, 6) is 0.824. The first-order valence-corrected chi connectivity index (χ1v) is 8.99. The Labute approximate surface area is 140 Å². The number of hydrogen-bond acceptors (Lipinski definition) is 5. The molecular weight excluding hydrogens is 312 g/mol. The van der Waals surface area contributed by atoms with Gasteiger partial charge in [-0.05, 0) is 31.3 Å². The van der Waals surface area contributed by atoms with E-state index in [0.29, 0.717) is 11.5 Å². The largest absolute Gasteiger partial charge is 0.369 e. The lowest BCUT2D eigenvalue weighted by molar-refractivity contribution is -0.124. The Bertz CT molecular complexity index is 570. The minimum Gasteiger partial charge on any atom is -0.369 e. The molecule has 2 amide bonds. The minimum atomic E-state index is -0.446. The van der Waals surface area contributed by atoms with Gasteiger partial charge in [-0.3, -0.25) is 9.59 Å². The predicted octanol–water partition coefficient (Wildman–Crippen LogP) is 0.609. The molecule has 2 aliphatic rings. The fourth-order valence-electron chi connectivity index (χ4n) is 2.74. The summed E-state index contributed by atoms with van der Waals surface area (Å²) in [6.45, 7) is 4.18. The number of hydrogen-bond donors (Lipinski definition) is 2. The second-order valence-electron chi connectivity index (χ2n) is 5.96. The first-order chi connectivity index (χ1) is 11.1. The highest BCUT2D eigenvalue weighted by molar-refractivity contribution is 8.00. The van der Waals surface area contributed by atoms with Crippen LogP contribution in [0.4, 0.5) is 11.4 Å². The van der Waals surface area contributed by atoms with Gasteiger partial charge in [-0.1, -0.05) is 0 Å². The molecule has 2 heterocycles. The Morgan fingerprint density at radius 2 is 1.91 bits per heavy atom. The third-order valence-electron chi connectivity index (χ3n) is 4.17. The summed E-state index contributed by atoms with van der Waals surface area (Å²) in [5.41, 5.74) is 1.94. The van der Waals surface area contributed by atoms with E-state index in [1.807, 2.05) is 24.3 Å². The first kappa shape index (κ1) is 16.1. The number of benzene rings is 1. The molecule has 0 aliphatic carbocycles. The summed E-state index contributed by atoms with van der Waals surface area (Å²) in [5, 5.41) is 5.59. The maximum Gasteiger partial charge on any atom is 0.247 e. The Morgan fingerprint density at radius 3 is 2.57 bits per heavy atom. The molecule has 2 N–H and O–H groups in total. The van der Waals surface area contributed by atoms with Crippen LogP contribution in [-0.4, -0.2) is 67.5 Å². The fraction of sp³-hybridized carbons (Fsp3) is 0.500. The van der Waals surface area contributed by atoms with Crippen LogP contribution in [0.25, 0.3) is 0 Å². The molecule has 23 heavy (non-hydrogen) atoms. The smallest absolute Gasteiger partial charge is 0.247 e. The number of carbonyl (C=O) groups excluding carboxylic acids is 2. The lowest BCUT2D eigenvalue weighted by Gasteiger charge is -2.34. The van der Waals surface area contributed by atoms with Crippen molar-refractivity contribution < 1.29 is 9.59 Å². The number of carbonyl (C=O) groups is 2. The monoisotopic (exact) mass is 334 g/mol. The molecule has 0 aromatic heterocycles. The zero-order valence-electron chi connectivity index (χ0n) is 13.2. The van der Waals surface area contributed by atoms with E-state index >= 15 is 0 Å². The second-order valence-corrected chi connectivity index (χ2v) is 6.99. The zero-order chi connectivity index (χ0) is 16.2. The van der Waals surface area contributed by atoms with E-state index in [-0.39, 0.29) is 11.8 Å². The molecule has 1 aromatic rings. The van der Waals surface area contributed by atoms with Crippen LogP contribution in [0.15, 0.2) is 24.3 Å². The van der Waals surface area contributed by atoms with Gasteiger partial charge in [0.05, 0.1) is 5.75 Å². The van der Waals surface area contributed by atoms with Crippen molar-refractivity contribution in [3.05, 3.63) is 24.3 Å². The highest BCUT2D eigenvalue weighted by Gasteiger charge is 2.25. The topological polar surface area (TPSA) is 64.7 Å². The zero-order valence-corrected chi connectivity index (χ0v) is 14.1. The summed E-state index contributed by atoms with van der Waals surface area (Å²) in [7, 11) is 2.14. The SMILES string of the molecule is CN1CCN(c2ccc(NC(=O)C3CSCC(=O)N3)cc2)CC1. The third-order valence-corrected chi connectivity index (χ3v) is 5.21. The van der Waals surface area contributed by atoms with Gasteiger partial charge in [0.25, 0.3) is 0 Å². The summed E-state index contributed by atoms with van der Waals surface area (Å²) in [6.07, 6.45) is 0. The van der Waals surface area contributed by atoms with Crippen molar-refractivity contribution in [2.24, 2.45) is 0 Å². The molecule has 2 saturated heterocycles. The van der Waals surface area contributed by atoms with Crippen LogP contribution in [0, 0.1) is 0 Å². The molecule has 7 heteroatoms. The minimum absolute atomic E-state index is 0.0770. The highest BCUT2D eigenvalue weighted by atomic mass is 32.2. The van der Waals surface area contributed by atoms with Crippen LogP contribution >= 0.6 is 11.8 Å². The van der Waals surface area contributed by atoms with Crippen LogP contribution in [0.3, 0.4) is 0 Å². The average Bonchev–Trinajstić information content (AvgIpc) is 2.56. The molecule has 1 atom stereocenters. The quantitative estimate of drug-likeness (QED) is 0.848. The second kappa shape index (κ2) is 7.23. The predicted molar refractivity (Wildman–Crippen MR) is 94.0 cm³/mol. The van der Waals surface area contributed by atoms with Crippen LogP contribution < -0.4 is 15.5 Å². The van der Waals surface area contributed by atoms with Crippen molar-refractivity contribution in [2.75, 3.05) is 54.9 Å². The van der Waals surface area contributed by atoms with E-state index in [9.17, 15) is 9.59 Å². The van der Waals surface area contributed by atoms with E-state index in [0.717, 1.165) is 31.9 Å². The molecule has 0 bridgehead atoms. The fourth-order valence-corrected chi connectivity index (χ4v) is 3.59. The number of rotatable bonds is 3. The van der Waals surface area contributed by atoms with Crippen molar-refractivity contribution in [1.29, 1.82) is 0 Å². The molecule has 0 radical (unpaired) electrons. The Kier molecular flexibility index (Phi) is 5.07. The van der Waals surface area contributed by atoms with Crippen LogP contribution in [0.5, 0.6) is 0 Å². The van der Waals surface area contributed by atoms with Crippen molar-refractivity contribution in [3.8, 4) is 0 Å². The molecule has 0 spiro atoms. The third kappa shape index (κ3) is 4.17. The Hall–Kier alpha value is -1.73. The Morgan fingerprint density at radius 1 is 1.22 bits per heavy atom. The Balaban J connectivity index is 1.57. The van der Waals surface area contributed by atoms with Gasteiger partial charge in [0.15, 0.2) is 0 Å². The molecule has 2 aliphatic heterocycles. The van der Waals surface area contributed by atoms with Crippen LogP contribution in [0.2, 0.25) is 0 Å². The number of nitrogens with zero attached hydrogens (tertiary/aromatic N) is 2. The highest BCUT2D eigenvalue weighted by Crippen LogP contribution is 2.20. The molecule has 1 unspecified atom stereocenters. The molecule has 6 nitrogen and oxygen atoms in total. The number of piperazine rings is 1. The molecule has 124 valence electrons. The van der Waals surface area contributed by atoms with E-state index in [2.05, 4.69) is 27.5 Å². The van der Waals surface area contributed by atoms with Crippen LogP contribution in [-0.2, 0) is 9.59 Å². The van der Waals surface area contributed by atoms with Crippen LogP contribution in [0.1, 0.15) is 0 Å². The van der Waals surface area contributed by atoms with Gasteiger partial charge in [-0.15, -0.1) is 11.8 Å². The van der Waals surface area contributed by atoms with E-state index < -0.39 is 6.04 Å². The van der Waals surface area contributed by atoms with E-state index in [4.69, 9.17) is 0 Å². The lowest BCUT2D eigenvalue weighted by atomic mass is 10.2. The number of anilines is 2. The maximum atomic E-state index is 12.2. The molecule has 2 fully saturated rings. The average molecular weight is 334 g/mol. The molecule has 3 rings (SSSR count). The summed E-state index contributed by atoms with van der Waals surface area (Å²) >= 11 is 1.49. The first-order valence-electron chi connectivity index (χ1n) is 7.83. The number of nitrogens with one attached hydrogen (secondary N) is 2. The maximum absolute atomic E-state index is 12.2. The van der Waals surface area contributed by atoms with Gasteiger partial charge in [0, 0.05) is 43.3 Å². The molecule has 0 saturated carbocycles. The van der Waals surface area contributed by atoms with Crippen molar-refractivity contribution in [2.45, 2.75) is 6.04 Å². The van der Waals surface area contributed by atoms with Gasteiger partial charge < -0.3 is 20.4 Å². The molecular formula is C16H22N4O2S. The van der Waals surface area contributed by atoms with E-state index in [1.165, 1.54) is 17.4 Å². The van der Waals surface area contributed by atoms with Crippen molar-refractivity contribution >= 4 is 35.0 Å². The number of amides is 2. The summed E-state index contributed by atoms with van der Waals surface area (Å²) in [4.78, 5) is 28.2. The standard InChI is InChI=1S/C16H22N4O2S/c1-19-6-8-20(9-7-19)13-4-2-12(3-5-13)17-16(22)14-10-23-11-15(21)18-14/h2-5,14H,6-11H2,1H3,(H,17,22)(H,18,21). The van der Waals surface area contributed by atoms with Gasteiger partial charge in [0.2, 0.25) is 11.8 Å². The molecule has 1 aromatic carbocycles. The summed E-state index contributed by atoms with van der Waals surface area (Å²) in [6, 6.07) is 7.47. The normalized spacial score (nSPS) is 22.6. The van der Waals surface area contributed by atoms with Gasteiger partial charge in [-0.25, -0.2) is 0 Å². The van der Waals surface area contributed by atoms with Gasteiger partial charge in [0.1, 0.15) is 6.04 Å².